The van der Waals surface area contributed by atoms with Crippen LogP contribution in [0.3, 0.4) is 0 Å². The highest BCUT2D eigenvalue weighted by atomic mass is 32.1. The maximum Gasteiger partial charge on any atom is 0.271 e. The van der Waals surface area contributed by atoms with Crippen molar-refractivity contribution in [1.82, 2.24) is 25.2 Å². The Bertz CT molecular complexity index is 1050. The fraction of sp³-hybridized carbons (Fsp3) is 0.286. The smallest absolute Gasteiger partial charge is 0.271 e. The molecule has 0 bridgehead atoms. The number of nitrogens with zero attached hydrogens (tertiary/aromatic N) is 5. The number of hydrogen-bond donors (Lipinski definition) is 2. The summed E-state index contributed by atoms with van der Waals surface area (Å²) >= 11 is 1.35. The third-order valence-electron chi connectivity index (χ3n) is 4.88. The van der Waals surface area contributed by atoms with Crippen molar-refractivity contribution in [3.63, 3.8) is 0 Å². The molecule has 1 atom stereocenters. The lowest BCUT2D eigenvalue weighted by Gasteiger charge is -2.21. The fourth-order valence-corrected chi connectivity index (χ4v) is 4.15. The monoisotopic (exact) mass is 419 g/mol. The summed E-state index contributed by atoms with van der Waals surface area (Å²) in [6.45, 7) is 1.68. The van der Waals surface area contributed by atoms with Crippen LogP contribution < -0.4 is 10.6 Å². The summed E-state index contributed by atoms with van der Waals surface area (Å²) in [5, 5.41) is 17.3. The van der Waals surface area contributed by atoms with Crippen LogP contribution in [0, 0.1) is 11.3 Å². The van der Waals surface area contributed by atoms with E-state index >= 15 is 0 Å². The number of anilines is 2. The van der Waals surface area contributed by atoms with Crippen LogP contribution in [0.1, 0.15) is 40.8 Å². The number of amides is 1. The summed E-state index contributed by atoms with van der Waals surface area (Å²) < 4.78 is 0. The van der Waals surface area contributed by atoms with Crippen LogP contribution in [0.15, 0.2) is 48.0 Å². The molecular formula is C21H21N7OS. The summed E-state index contributed by atoms with van der Waals surface area (Å²) in [5.41, 5.74) is 2.08. The second kappa shape index (κ2) is 9.43. The van der Waals surface area contributed by atoms with Crippen LogP contribution >= 0.6 is 11.3 Å². The number of pyridine rings is 2. The molecule has 1 saturated heterocycles. The van der Waals surface area contributed by atoms with Crippen molar-refractivity contribution in [3.8, 4) is 6.07 Å². The standard InChI is InChI=1S/C21H21N7OS/c22-9-12-28-11-4-7-18(28)16-6-3-8-19(25-16)27-21-26-17(14-30-21)20(29)24-13-15-5-1-2-10-23-15/h1-3,5-6,8,10,14,18H,4,7,11-13H2,(H,24,29)(H,25,26,27)/t18-/m1/s1. The van der Waals surface area contributed by atoms with Gasteiger partial charge in [0.1, 0.15) is 11.5 Å². The van der Waals surface area contributed by atoms with E-state index in [1.165, 1.54) is 11.3 Å². The lowest BCUT2D eigenvalue weighted by atomic mass is 10.1. The number of carbonyl (C=O) groups excluding carboxylic acids is 1. The molecule has 1 amide bonds. The minimum absolute atomic E-state index is 0.163. The van der Waals surface area contributed by atoms with E-state index in [4.69, 9.17) is 10.2 Å². The van der Waals surface area contributed by atoms with Crippen molar-refractivity contribution >= 4 is 28.2 Å². The van der Waals surface area contributed by atoms with E-state index < -0.39 is 0 Å². The van der Waals surface area contributed by atoms with Crippen molar-refractivity contribution in [1.29, 1.82) is 5.26 Å². The molecule has 0 aliphatic carbocycles. The Kier molecular flexibility index (Phi) is 6.27. The van der Waals surface area contributed by atoms with Gasteiger partial charge in [-0.05, 0) is 43.7 Å². The maximum atomic E-state index is 12.3. The van der Waals surface area contributed by atoms with Gasteiger partial charge in [-0.2, -0.15) is 5.26 Å². The molecule has 152 valence electrons. The second-order valence-electron chi connectivity index (χ2n) is 6.90. The predicted octanol–water partition coefficient (Wildman–Crippen LogP) is 3.27. The summed E-state index contributed by atoms with van der Waals surface area (Å²) in [5.74, 6) is 0.427. The van der Waals surface area contributed by atoms with Crippen LogP contribution in [-0.2, 0) is 6.54 Å². The van der Waals surface area contributed by atoms with Crippen LogP contribution in [-0.4, -0.2) is 38.8 Å². The lowest BCUT2D eigenvalue weighted by Crippen LogP contribution is -2.24. The average Bonchev–Trinajstić information content (AvgIpc) is 3.43. The number of rotatable bonds is 7. The number of carbonyl (C=O) groups is 1. The highest BCUT2D eigenvalue weighted by Gasteiger charge is 2.26. The van der Waals surface area contributed by atoms with Gasteiger partial charge in [-0.15, -0.1) is 11.3 Å². The van der Waals surface area contributed by atoms with Gasteiger partial charge in [-0.25, -0.2) is 9.97 Å². The van der Waals surface area contributed by atoms with E-state index in [0.717, 1.165) is 30.8 Å². The average molecular weight is 420 g/mol. The van der Waals surface area contributed by atoms with E-state index in [2.05, 4.69) is 31.6 Å². The fourth-order valence-electron chi connectivity index (χ4n) is 3.46. The Balaban J connectivity index is 1.39. The Morgan fingerprint density at radius 1 is 1.27 bits per heavy atom. The summed E-state index contributed by atoms with van der Waals surface area (Å²) in [6.07, 6.45) is 3.75. The second-order valence-corrected chi connectivity index (χ2v) is 7.76. The van der Waals surface area contributed by atoms with Gasteiger partial charge in [0, 0.05) is 11.6 Å². The van der Waals surface area contributed by atoms with Crippen LogP contribution in [0.25, 0.3) is 0 Å². The molecule has 0 saturated carbocycles. The quantitative estimate of drug-likeness (QED) is 0.566. The van der Waals surface area contributed by atoms with Gasteiger partial charge in [0.2, 0.25) is 0 Å². The van der Waals surface area contributed by atoms with Crippen molar-refractivity contribution in [3.05, 3.63) is 65.1 Å². The molecule has 8 nitrogen and oxygen atoms in total. The van der Waals surface area contributed by atoms with Gasteiger partial charge in [0.05, 0.1) is 36.6 Å². The molecule has 0 unspecified atom stereocenters. The topological polar surface area (TPSA) is 107 Å². The van der Waals surface area contributed by atoms with Gasteiger partial charge >= 0.3 is 0 Å². The number of nitrogens with one attached hydrogen (secondary N) is 2. The van der Waals surface area contributed by atoms with E-state index in [1.807, 2.05) is 36.4 Å². The zero-order valence-corrected chi connectivity index (χ0v) is 17.1. The molecule has 1 aliphatic heterocycles. The molecule has 3 aromatic heterocycles. The molecule has 1 aliphatic rings. The lowest BCUT2D eigenvalue weighted by molar-refractivity contribution is 0.0946. The third kappa shape index (κ3) is 4.79. The molecule has 1 fully saturated rings. The van der Waals surface area contributed by atoms with E-state index in [0.29, 0.717) is 29.7 Å². The molecule has 0 radical (unpaired) electrons. The molecule has 3 aromatic rings. The number of likely N-dealkylation sites (tertiary alicyclic amines) is 1. The predicted molar refractivity (Wildman–Crippen MR) is 114 cm³/mol. The first-order chi connectivity index (χ1) is 14.7. The molecule has 9 heteroatoms. The van der Waals surface area contributed by atoms with Gasteiger partial charge in [-0.1, -0.05) is 12.1 Å². The summed E-state index contributed by atoms with van der Waals surface area (Å²) in [6, 6.07) is 13.8. The number of hydrogen-bond acceptors (Lipinski definition) is 8. The Hall–Kier alpha value is -3.35. The maximum absolute atomic E-state index is 12.3. The van der Waals surface area contributed by atoms with Crippen LogP contribution in [0.5, 0.6) is 0 Å². The number of thiazole rings is 1. The minimum atomic E-state index is -0.246. The first-order valence-electron chi connectivity index (χ1n) is 9.71. The first kappa shape index (κ1) is 19.9. The molecule has 2 N–H and O–H groups in total. The molecule has 0 aromatic carbocycles. The van der Waals surface area contributed by atoms with Crippen molar-refractivity contribution in [2.75, 3.05) is 18.4 Å². The van der Waals surface area contributed by atoms with Crippen molar-refractivity contribution in [2.45, 2.75) is 25.4 Å². The number of nitriles is 1. The Morgan fingerprint density at radius 2 is 2.20 bits per heavy atom. The summed E-state index contributed by atoms with van der Waals surface area (Å²) in [4.78, 5) is 27.8. The Labute approximate surface area is 178 Å². The highest BCUT2D eigenvalue weighted by molar-refractivity contribution is 7.14. The normalized spacial score (nSPS) is 16.2. The zero-order valence-electron chi connectivity index (χ0n) is 16.3. The van der Waals surface area contributed by atoms with Gasteiger partial charge in [0.15, 0.2) is 5.13 Å². The molecule has 4 rings (SSSR count). The summed E-state index contributed by atoms with van der Waals surface area (Å²) in [7, 11) is 0. The highest BCUT2D eigenvalue weighted by Crippen LogP contribution is 2.31. The molecule has 30 heavy (non-hydrogen) atoms. The third-order valence-corrected chi connectivity index (χ3v) is 5.64. The van der Waals surface area contributed by atoms with Gasteiger partial charge < -0.3 is 10.6 Å². The van der Waals surface area contributed by atoms with Crippen molar-refractivity contribution in [2.24, 2.45) is 0 Å². The SMILES string of the molecule is N#CCN1CCC[C@@H]1c1cccc(Nc2nc(C(=O)NCc3ccccn3)cs2)n1. The van der Waals surface area contributed by atoms with Gasteiger partial charge in [0.25, 0.3) is 5.91 Å². The van der Waals surface area contributed by atoms with Crippen LogP contribution in [0.4, 0.5) is 10.9 Å². The zero-order chi connectivity index (χ0) is 20.8. The minimum Gasteiger partial charge on any atom is -0.345 e. The van der Waals surface area contributed by atoms with E-state index in [-0.39, 0.29) is 11.9 Å². The van der Waals surface area contributed by atoms with Gasteiger partial charge in [-0.3, -0.25) is 14.7 Å². The van der Waals surface area contributed by atoms with Crippen LogP contribution in [0.2, 0.25) is 0 Å². The largest absolute Gasteiger partial charge is 0.345 e. The van der Waals surface area contributed by atoms with Crippen molar-refractivity contribution < 1.29 is 4.79 Å². The van der Waals surface area contributed by atoms with E-state index in [9.17, 15) is 4.79 Å². The van der Waals surface area contributed by atoms with E-state index in [1.54, 1.807) is 11.6 Å². The molecule has 0 spiro atoms. The first-order valence-corrected chi connectivity index (χ1v) is 10.6. The molecule has 4 heterocycles. The number of aromatic nitrogens is 3. The molecular weight excluding hydrogens is 398 g/mol. The Morgan fingerprint density at radius 3 is 3.03 bits per heavy atom.